The van der Waals surface area contributed by atoms with Crippen LogP contribution in [0, 0.1) is 0 Å². The molecule has 0 radical (unpaired) electrons. The molecule has 0 aliphatic heterocycles. The second kappa shape index (κ2) is 75.5. The normalized spacial score (nSPS) is 12.7. The van der Waals surface area contributed by atoms with Crippen LogP contribution >= 0.6 is 0 Å². The van der Waals surface area contributed by atoms with Crippen molar-refractivity contribution in [2.45, 2.75) is 450 Å². The van der Waals surface area contributed by atoms with Gasteiger partial charge in [-0.1, -0.05) is 397 Å². The number of hydrogen-bond donors (Lipinski definition) is 3. The molecule has 86 heavy (non-hydrogen) atoms. The Kier molecular flexibility index (Phi) is 73.9. The van der Waals surface area contributed by atoms with Gasteiger partial charge < -0.3 is 20.3 Å². The van der Waals surface area contributed by atoms with Crippen molar-refractivity contribution in [1.82, 2.24) is 5.32 Å². The van der Waals surface area contributed by atoms with E-state index in [1.54, 1.807) is 6.08 Å². The monoisotopic (exact) mass is 1210 g/mol. The highest BCUT2D eigenvalue weighted by Crippen LogP contribution is 2.20. The van der Waals surface area contributed by atoms with Crippen molar-refractivity contribution in [3.05, 3.63) is 36.5 Å². The van der Waals surface area contributed by atoms with E-state index < -0.39 is 12.1 Å². The molecule has 0 heterocycles. The first-order valence-electron chi connectivity index (χ1n) is 39.3. The highest BCUT2D eigenvalue weighted by atomic mass is 16.5. The fourth-order valence-corrected chi connectivity index (χ4v) is 12.4. The van der Waals surface area contributed by atoms with E-state index in [0.29, 0.717) is 19.4 Å². The number of carbonyl (C=O) groups is 2. The molecule has 0 rings (SSSR count). The number of allylic oxidation sites excluding steroid dienone is 5. The van der Waals surface area contributed by atoms with E-state index >= 15 is 0 Å². The molecule has 0 fully saturated rings. The Hall–Kier alpha value is -1.92. The molecule has 2 atom stereocenters. The lowest BCUT2D eigenvalue weighted by Gasteiger charge is -2.20. The molecule has 0 aliphatic carbocycles. The Morgan fingerprint density at radius 1 is 0.326 bits per heavy atom. The van der Waals surface area contributed by atoms with E-state index in [0.717, 1.165) is 51.4 Å². The molecular weight excluding hydrogens is 1050 g/mol. The van der Waals surface area contributed by atoms with Crippen molar-refractivity contribution >= 4 is 11.9 Å². The third-order valence-corrected chi connectivity index (χ3v) is 18.4. The average Bonchev–Trinajstić information content (AvgIpc) is 3.54. The predicted molar refractivity (Wildman–Crippen MR) is 379 cm³/mol. The summed E-state index contributed by atoms with van der Waals surface area (Å²) in [6.07, 6.45) is 98.3. The molecule has 0 aromatic heterocycles. The van der Waals surface area contributed by atoms with Gasteiger partial charge in [0.1, 0.15) is 0 Å². The summed E-state index contributed by atoms with van der Waals surface area (Å²) < 4.78 is 5.49. The van der Waals surface area contributed by atoms with Crippen LogP contribution in [0.2, 0.25) is 0 Å². The van der Waals surface area contributed by atoms with Crippen molar-refractivity contribution in [3.63, 3.8) is 0 Å². The van der Waals surface area contributed by atoms with Crippen molar-refractivity contribution in [2.75, 3.05) is 13.2 Å². The van der Waals surface area contributed by atoms with Crippen molar-refractivity contribution in [1.29, 1.82) is 0 Å². The lowest BCUT2D eigenvalue weighted by Crippen LogP contribution is -2.45. The maximum atomic E-state index is 12.6. The molecule has 508 valence electrons. The minimum atomic E-state index is -0.844. The summed E-state index contributed by atoms with van der Waals surface area (Å²) in [6.45, 7) is 4.92. The smallest absolute Gasteiger partial charge is 0.305 e. The van der Waals surface area contributed by atoms with Gasteiger partial charge in [-0.05, 0) is 64.2 Å². The van der Waals surface area contributed by atoms with Crippen molar-refractivity contribution < 1.29 is 24.5 Å². The maximum Gasteiger partial charge on any atom is 0.305 e. The molecule has 0 aromatic carbocycles. The molecular formula is C80H153NO5. The first-order chi connectivity index (χ1) is 42.5. The van der Waals surface area contributed by atoms with Crippen LogP contribution in [-0.4, -0.2) is 47.4 Å². The number of rotatable bonds is 74. The Labute approximate surface area is 538 Å². The second-order valence-corrected chi connectivity index (χ2v) is 27.0. The number of ether oxygens (including phenoxy) is 1. The van der Waals surface area contributed by atoms with E-state index in [9.17, 15) is 19.8 Å². The first-order valence-corrected chi connectivity index (χ1v) is 39.3. The minimum absolute atomic E-state index is 0.00644. The summed E-state index contributed by atoms with van der Waals surface area (Å²) in [5.41, 5.74) is 0. The number of hydrogen-bond acceptors (Lipinski definition) is 5. The molecule has 0 aliphatic rings. The van der Waals surface area contributed by atoms with E-state index in [-0.39, 0.29) is 18.5 Å². The van der Waals surface area contributed by atoms with Gasteiger partial charge in [0.05, 0.1) is 25.4 Å². The van der Waals surface area contributed by atoms with Gasteiger partial charge in [-0.15, -0.1) is 0 Å². The zero-order chi connectivity index (χ0) is 62.0. The number of amides is 1. The predicted octanol–water partition coefficient (Wildman–Crippen LogP) is 25.8. The highest BCUT2D eigenvalue weighted by Gasteiger charge is 2.18. The molecule has 1 amide bonds. The van der Waals surface area contributed by atoms with E-state index in [1.807, 2.05) is 6.08 Å². The zero-order valence-corrected chi connectivity index (χ0v) is 58.3. The van der Waals surface area contributed by atoms with Crippen LogP contribution in [0.3, 0.4) is 0 Å². The van der Waals surface area contributed by atoms with Crippen LogP contribution in [0.25, 0.3) is 0 Å². The molecule has 0 bridgehead atoms. The lowest BCUT2D eigenvalue weighted by atomic mass is 10.0. The van der Waals surface area contributed by atoms with Gasteiger partial charge in [0, 0.05) is 12.8 Å². The van der Waals surface area contributed by atoms with Crippen LogP contribution in [0.5, 0.6) is 0 Å². The molecule has 0 spiro atoms. The molecule has 3 N–H and O–H groups in total. The number of nitrogens with one attached hydrogen (secondary N) is 1. The van der Waals surface area contributed by atoms with Crippen LogP contribution in [0.15, 0.2) is 36.5 Å². The van der Waals surface area contributed by atoms with Gasteiger partial charge in [0.2, 0.25) is 5.91 Å². The molecule has 0 saturated carbocycles. The van der Waals surface area contributed by atoms with E-state index in [1.165, 1.54) is 360 Å². The average molecular weight is 1210 g/mol. The molecule has 0 saturated heterocycles. The Morgan fingerprint density at radius 2 is 0.581 bits per heavy atom. The van der Waals surface area contributed by atoms with Crippen LogP contribution in [0.1, 0.15) is 438 Å². The third kappa shape index (κ3) is 71.2. The summed E-state index contributed by atoms with van der Waals surface area (Å²) in [5.74, 6) is -0.0528. The van der Waals surface area contributed by atoms with Gasteiger partial charge >= 0.3 is 5.97 Å². The van der Waals surface area contributed by atoms with E-state index in [4.69, 9.17) is 4.74 Å². The Balaban J connectivity index is 3.37. The quantitative estimate of drug-likeness (QED) is 0.0320. The van der Waals surface area contributed by atoms with Gasteiger partial charge in [0.15, 0.2) is 0 Å². The van der Waals surface area contributed by atoms with Gasteiger partial charge in [-0.25, -0.2) is 0 Å². The summed E-state index contributed by atoms with van der Waals surface area (Å²) in [4.78, 5) is 24.6. The number of carbonyl (C=O) groups excluding carboxylic acids is 2. The molecule has 6 nitrogen and oxygen atoms in total. The number of aliphatic hydroxyl groups is 2. The second-order valence-electron chi connectivity index (χ2n) is 27.0. The molecule has 6 heteroatoms. The summed E-state index contributed by atoms with van der Waals surface area (Å²) in [5, 5.41) is 23.3. The number of esters is 1. The fourth-order valence-electron chi connectivity index (χ4n) is 12.4. The van der Waals surface area contributed by atoms with Gasteiger partial charge in [0.25, 0.3) is 0 Å². The number of aliphatic hydroxyl groups excluding tert-OH is 2. The van der Waals surface area contributed by atoms with Crippen molar-refractivity contribution in [2.24, 2.45) is 0 Å². The standard InChI is InChI=1S/C80H153NO5/c1-3-5-7-9-11-13-15-17-19-20-21-22-23-32-35-38-41-45-48-52-56-60-64-68-72-78(83)77(76-82)81-79(84)73-69-65-61-57-53-49-46-42-39-36-33-30-28-26-24-25-27-29-31-34-37-40-43-47-51-55-59-63-67-71-75-86-80(85)74-70-66-62-58-54-50-44-18-16-14-12-10-8-6-4-2/h12,14,18,44,68,72,77-78,82-83H,3-11,13,15-17,19-43,45-67,69-71,73-76H2,1-2H3,(H,81,84)/b14-12-,44-18-,72-68+. The summed E-state index contributed by atoms with van der Waals surface area (Å²) in [6, 6.07) is -0.627. The lowest BCUT2D eigenvalue weighted by molar-refractivity contribution is -0.143. The van der Waals surface area contributed by atoms with Crippen LogP contribution in [0.4, 0.5) is 0 Å². The summed E-state index contributed by atoms with van der Waals surface area (Å²) in [7, 11) is 0. The minimum Gasteiger partial charge on any atom is -0.466 e. The zero-order valence-electron chi connectivity index (χ0n) is 58.3. The van der Waals surface area contributed by atoms with Crippen LogP contribution in [-0.2, 0) is 14.3 Å². The van der Waals surface area contributed by atoms with Crippen LogP contribution < -0.4 is 5.32 Å². The summed E-state index contributed by atoms with van der Waals surface area (Å²) >= 11 is 0. The third-order valence-electron chi connectivity index (χ3n) is 18.4. The Morgan fingerprint density at radius 3 is 0.907 bits per heavy atom. The largest absolute Gasteiger partial charge is 0.466 e. The topological polar surface area (TPSA) is 95.9 Å². The number of unbranched alkanes of at least 4 members (excludes halogenated alkanes) is 59. The highest BCUT2D eigenvalue weighted by molar-refractivity contribution is 5.76. The van der Waals surface area contributed by atoms with Gasteiger partial charge in [-0.2, -0.15) is 0 Å². The fraction of sp³-hybridized carbons (Fsp3) is 0.900. The van der Waals surface area contributed by atoms with Crippen molar-refractivity contribution in [3.8, 4) is 0 Å². The molecule has 2 unspecified atom stereocenters. The van der Waals surface area contributed by atoms with E-state index in [2.05, 4.69) is 43.5 Å². The maximum absolute atomic E-state index is 12.6. The Bertz CT molecular complexity index is 1390. The molecule has 0 aromatic rings. The SMILES string of the molecule is CCCCC/C=C\C/C=C\CCCCCCCC(=O)OCCCCCCCCCCCCCCCCCCCCCCCCCCCCCCCCC(=O)NC(CO)C(O)/C=C/CCCCCCCCCCCCCCCCCCCCCCCC. The first kappa shape index (κ1) is 84.1. The van der Waals surface area contributed by atoms with Gasteiger partial charge in [-0.3, -0.25) is 9.59 Å².